The summed E-state index contributed by atoms with van der Waals surface area (Å²) in [7, 11) is -3.74. The SMILES string of the molecule is Cc1ccccc1S(=O)(=O)Nc1ncccc1OCc1ccccc1. The molecule has 3 aromatic rings. The Bertz CT molecular complexity index is 957. The van der Waals surface area contributed by atoms with Crippen molar-refractivity contribution in [2.75, 3.05) is 4.72 Å². The molecule has 0 unspecified atom stereocenters. The van der Waals surface area contributed by atoms with Crippen LogP contribution in [-0.4, -0.2) is 13.4 Å². The van der Waals surface area contributed by atoms with Crippen LogP contribution in [0.4, 0.5) is 5.82 Å². The summed E-state index contributed by atoms with van der Waals surface area (Å²) in [5, 5.41) is 0. The lowest BCUT2D eigenvalue weighted by Gasteiger charge is -2.13. The fourth-order valence-electron chi connectivity index (χ4n) is 2.36. The number of aromatic nitrogens is 1. The normalized spacial score (nSPS) is 11.1. The lowest BCUT2D eigenvalue weighted by atomic mass is 10.2. The molecule has 6 heteroatoms. The Morgan fingerprint density at radius 3 is 2.44 bits per heavy atom. The molecule has 1 N–H and O–H groups in total. The predicted molar refractivity (Wildman–Crippen MR) is 97.0 cm³/mol. The number of sulfonamides is 1. The van der Waals surface area contributed by atoms with E-state index in [0.717, 1.165) is 5.56 Å². The molecule has 0 spiro atoms. The summed E-state index contributed by atoms with van der Waals surface area (Å²) >= 11 is 0. The highest BCUT2D eigenvalue weighted by Gasteiger charge is 2.19. The van der Waals surface area contributed by atoms with Gasteiger partial charge in [0.15, 0.2) is 11.6 Å². The minimum atomic E-state index is -3.74. The molecule has 0 saturated carbocycles. The number of benzene rings is 2. The minimum Gasteiger partial charge on any atom is -0.485 e. The summed E-state index contributed by atoms with van der Waals surface area (Å²) in [6.07, 6.45) is 1.52. The van der Waals surface area contributed by atoms with Gasteiger partial charge < -0.3 is 4.74 Å². The zero-order chi connectivity index (χ0) is 17.7. The first kappa shape index (κ1) is 17.0. The number of hydrogen-bond donors (Lipinski definition) is 1. The Labute approximate surface area is 147 Å². The van der Waals surface area contributed by atoms with Gasteiger partial charge in [-0.05, 0) is 36.2 Å². The van der Waals surface area contributed by atoms with E-state index in [2.05, 4.69) is 9.71 Å². The fraction of sp³-hybridized carbons (Fsp3) is 0.105. The van der Waals surface area contributed by atoms with E-state index < -0.39 is 10.0 Å². The molecule has 0 amide bonds. The number of pyridine rings is 1. The van der Waals surface area contributed by atoms with E-state index in [1.165, 1.54) is 6.20 Å². The van der Waals surface area contributed by atoms with Gasteiger partial charge in [-0.15, -0.1) is 0 Å². The molecule has 1 heterocycles. The number of aryl methyl sites for hydroxylation is 1. The summed E-state index contributed by atoms with van der Waals surface area (Å²) in [5.74, 6) is 0.546. The monoisotopic (exact) mass is 354 g/mol. The second-order valence-corrected chi connectivity index (χ2v) is 7.15. The zero-order valence-corrected chi connectivity index (χ0v) is 14.5. The Hall–Kier alpha value is -2.86. The third kappa shape index (κ3) is 4.16. The molecule has 1 aromatic heterocycles. The Balaban J connectivity index is 1.82. The largest absolute Gasteiger partial charge is 0.485 e. The molecule has 3 rings (SSSR count). The zero-order valence-electron chi connectivity index (χ0n) is 13.7. The van der Waals surface area contributed by atoms with Gasteiger partial charge in [0, 0.05) is 6.20 Å². The summed E-state index contributed by atoms with van der Waals surface area (Å²) in [6.45, 7) is 2.07. The van der Waals surface area contributed by atoms with Crippen LogP contribution >= 0.6 is 0 Å². The molecular formula is C19H18N2O3S. The van der Waals surface area contributed by atoms with Crippen LogP contribution in [0.25, 0.3) is 0 Å². The van der Waals surface area contributed by atoms with Crippen LogP contribution in [0.2, 0.25) is 0 Å². The minimum absolute atomic E-state index is 0.168. The third-order valence-corrected chi connectivity index (χ3v) is 5.12. The molecule has 128 valence electrons. The van der Waals surface area contributed by atoms with Crippen molar-refractivity contribution < 1.29 is 13.2 Å². The topological polar surface area (TPSA) is 68.3 Å². The summed E-state index contributed by atoms with van der Waals surface area (Å²) in [4.78, 5) is 4.33. The second-order valence-electron chi connectivity index (χ2n) is 5.50. The van der Waals surface area contributed by atoms with E-state index in [9.17, 15) is 8.42 Å². The van der Waals surface area contributed by atoms with Crippen molar-refractivity contribution in [3.8, 4) is 5.75 Å². The van der Waals surface area contributed by atoms with Crippen LogP contribution < -0.4 is 9.46 Å². The molecule has 0 atom stereocenters. The summed E-state index contributed by atoms with van der Waals surface area (Å²) < 4.78 is 33.5. The summed E-state index contributed by atoms with van der Waals surface area (Å²) in [5.41, 5.74) is 1.65. The average molecular weight is 354 g/mol. The Kier molecular flexibility index (Phi) is 5.00. The van der Waals surface area contributed by atoms with Gasteiger partial charge in [0.25, 0.3) is 10.0 Å². The average Bonchev–Trinajstić information content (AvgIpc) is 2.62. The van der Waals surface area contributed by atoms with Crippen LogP contribution in [0, 0.1) is 6.92 Å². The van der Waals surface area contributed by atoms with E-state index in [4.69, 9.17) is 4.74 Å². The van der Waals surface area contributed by atoms with E-state index >= 15 is 0 Å². The number of nitrogens with one attached hydrogen (secondary N) is 1. The van der Waals surface area contributed by atoms with Crippen molar-refractivity contribution >= 4 is 15.8 Å². The molecule has 5 nitrogen and oxygen atoms in total. The molecule has 0 aliphatic carbocycles. The van der Waals surface area contributed by atoms with Gasteiger partial charge in [0.05, 0.1) is 4.90 Å². The molecule has 0 bridgehead atoms. The molecule has 0 aliphatic rings. The lowest BCUT2D eigenvalue weighted by molar-refractivity contribution is 0.307. The van der Waals surface area contributed by atoms with E-state index in [1.807, 2.05) is 30.3 Å². The van der Waals surface area contributed by atoms with Crippen LogP contribution in [-0.2, 0) is 16.6 Å². The van der Waals surface area contributed by atoms with Gasteiger partial charge in [-0.1, -0.05) is 48.5 Å². The van der Waals surface area contributed by atoms with Gasteiger partial charge in [-0.3, -0.25) is 4.72 Å². The highest BCUT2D eigenvalue weighted by molar-refractivity contribution is 7.92. The van der Waals surface area contributed by atoms with E-state index in [0.29, 0.717) is 17.9 Å². The predicted octanol–water partition coefficient (Wildman–Crippen LogP) is 3.77. The molecule has 25 heavy (non-hydrogen) atoms. The quantitative estimate of drug-likeness (QED) is 0.732. The molecule has 0 saturated heterocycles. The number of rotatable bonds is 6. The van der Waals surface area contributed by atoms with Crippen LogP contribution in [0.1, 0.15) is 11.1 Å². The van der Waals surface area contributed by atoms with Crippen LogP contribution in [0.5, 0.6) is 5.75 Å². The molecular weight excluding hydrogens is 336 g/mol. The molecule has 0 aliphatic heterocycles. The van der Waals surface area contributed by atoms with Crippen molar-refractivity contribution in [2.24, 2.45) is 0 Å². The third-order valence-electron chi connectivity index (χ3n) is 3.62. The van der Waals surface area contributed by atoms with Gasteiger partial charge in [0.1, 0.15) is 6.61 Å². The van der Waals surface area contributed by atoms with Gasteiger partial charge in [0.2, 0.25) is 0 Å². The second kappa shape index (κ2) is 7.36. The first-order valence-corrected chi connectivity index (χ1v) is 9.25. The fourth-order valence-corrected chi connectivity index (χ4v) is 3.63. The summed E-state index contributed by atoms with van der Waals surface area (Å²) in [6, 6.07) is 19.8. The van der Waals surface area contributed by atoms with Crippen LogP contribution in [0.3, 0.4) is 0 Å². The van der Waals surface area contributed by atoms with Gasteiger partial charge in [-0.2, -0.15) is 0 Å². The molecule has 0 radical (unpaired) electrons. The maximum absolute atomic E-state index is 12.6. The molecule has 0 fully saturated rings. The Morgan fingerprint density at radius 2 is 1.68 bits per heavy atom. The van der Waals surface area contributed by atoms with Crippen molar-refractivity contribution in [1.82, 2.24) is 4.98 Å². The van der Waals surface area contributed by atoms with Crippen molar-refractivity contribution in [3.63, 3.8) is 0 Å². The van der Waals surface area contributed by atoms with Crippen molar-refractivity contribution in [3.05, 3.63) is 84.1 Å². The number of hydrogen-bond acceptors (Lipinski definition) is 4. The standard InChI is InChI=1S/C19H18N2O3S/c1-15-8-5-6-12-18(15)25(22,23)21-19-17(11-7-13-20-19)24-14-16-9-3-2-4-10-16/h2-13H,14H2,1H3,(H,20,21). The van der Waals surface area contributed by atoms with E-state index in [1.54, 1.807) is 43.3 Å². The highest BCUT2D eigenvalue weighted by atomic mass is 32.2. The highest BCUT2D eigenvalue weighted by Crippen LogP contribution is 2.26. The maximum Gasteiger partial charge on any atom is 0.263 e. The van der Waals surface area contributed by atoms with Crippen LogP contribution in [0.15, 0.2) is 77.8 Å². The molecule has 2 aromatic carbocycles. The first-order chi connectivity index (χ1) is 12.1. The van der Waals surface area contributed by atoms with Gasteiger partial charge in [-0.25, -0.2) is 13.4 Å². The van der Waals surface area contributed by atoms with E-state index in [-0.39, 0.29) is 10.7 Å². The lowest BCUT2D eigenvalue weighted by Crippen LogP contribution is -2.16. The maximum atomic E-state index is 12.6. The number of anilines is 1. The smallest absolute Gasteiger partial charge is 0.263 e. The van der Waals surface area contributed by atoms with Crippen molar-refractivity contribution in [2.45, 2.75) is 18.4 Å². The number of nitrogens with zero attached hydrogens (tertiary/aromatic N) is 1. The number of ether oxygens (including phenoxy) is 1. The Morgan fingerprint density at radius 1 is 0.960 bits per heavy atom. The first-order valence-electron chi connectivity index (χ1n) is 7.76. The van der Waals surface area contributed by atoms with Crippen molar-refractivity contribution in [1.29, 1.82) is 0 Å². The van der Waals surface area contributed by atoms with Gasteiger partial charge >= 0.3 is 0 Å².